The van der Waals surface area contributed by atoms with Crippen LogP contribution in [0.3, 0.4) is 0 Å². The standard InChI is InChI=1S/C16H16N6O2/c1-10-11(9-14(23)19-13-6-8-22(2)21-13)16(24)20-15(18-10)12-5-3-4-7-17-12/h3-8H,9H2,1-2H3,(H,18,20,24)(H,19,21,23). The van der Waals surface area contributed by atoms with E-state index in [9.17, 15) is 9.59 Å². The number of hydrogen-bond donors (Lipinski definition) is 2. The van der Waals surface area contributed by atoms with Gasteiger partial charge in [-0.2, -0.15) is 5.10 Å². The molecule has 3 aromatic heterocycles. The number of nitrogens with one attached hydrogen (secondary N) is 2. The summed E-state index contributed by atoms with van der Waals surface area (Å²) in [6, 6.07) is 7.03. The van der Waals surface area contributed by atoms with Crippen molar-refractivity contribution in [3.8, 4) is 11.5 Å². The fraction of sp³-hybridized carbons (Fsp3) is 0.188. The SMILES string of the molecule is Cc1nc(-c2ccccn2)[nH]c(=O)c1CC(=O)Nc1ccn(C)n1. The molecule has 0 atom stereocenters. The van der Waals surface area contributed by atoms with Crippen molar-refractivity contribution in [1.29, 1.82) is 0 Å². The van der Waals surface area contributed by atoms with Crippen LogP contribution in [-0.2, 0) is 18.3 Å². The number of carbonyl (C=O) groups is 1. The first kappa shape index (κ1) is 15.6. The number of carbonyl (C=O) groups excluding carboxylic acids is 1. The maximum absolute atomic E-state index is 12.3. The van der Waals surface area contributed by atoms with E-state index in [1.165, 1.54) is 0 Å². The minimum absolute atomic E-state index is 0.0762. The van der Waals surface area contributed by atoms with E-state index in [4.69, 9.17) is 0 Å². The molecule has 0 aliphatic heterocycles. The summed E-state index contributed by atoms with van der Waals surface area (Å²) in [5.41, 5.74) is 1.04. The Morgan fingerprint density at radius 1 is 1.33 bits per heavy atom. The second-order valence-electron chi connectivity index (χ2n) is 5.29. The maximum atomic E-state index is 12.3. The first-order valence-corrected chi connectivity index (χ1v) is 7.33. The van der Waals surface area contributed by atoms with Crippen molar-refractivity contribution in [3.63, 3.8) is 0 Å². The highest BCUT2D eigenvalue weighted by Gasteiger charge is 2.14. The molecule has 24 heavy (non-hydrogen) atoms. The zero-order valence-electron chi connectivity index (χ0n) is 13.3. The molecule has 0 spiro atoms. The predicted octanol–water partition coefficient (Wildman–Crippen LogP) is 1.06. The highest BCUT2D eigenvalue weighted by Crippen LogP contribution is 2.11. The maximum Gasteiger partial charge on any atom is 0.255 e. The Morgan fingerprint density at radius 3 is 2.79 bits per heavy atom. The van der Waals surface area contributed by atoms with Gasteiger partial charge in [-0.05, 0) is 19.1 Å². The van der Waals surface area contributed by atoms with Gasteiger partial charge >= 0.3 is 0 Å². The van der Waals surface area contributed by atoms with Crippen molar-refractivity contribution in [2.45, 2.75) is 13.3 Å². The number of H-pyrrole nitrogens is 1. The second-order valence-corrected chi connectivity index (χ2v) is 5.29. The molecule has 0 aliphatic carbocycles. The minimum atomic E-state index is -0.348. The molecule has 1 amide bonds. The van der Waals surface area contributed by atoms with Gasteiger partial charge in [0.05, 0.1) is 6.42 Å². The molecule has 0 bridgehead atoms. The third-order valence-corrected chi connectivity index (χ3v) is 3.45. The Kier molecular flexibility index (Phi) is 4.19. The van der Waals surface area contributed by atoms with Gasteiger partial charge in [0.25, 0.3) is 5.56 Å². The fourth-order valence-corrected chi connectivity index (χ4v) is 2.27. The summed E-state index contributed by atoms with van der Waals surface area (Å²) in [5.74, 6) is 0.497. The van der Waals surface area contributed by atoms with Crippen LogP contribution in [-0.4, -0.2) is 30.6 Å². The van der Waals surface area contributed by atoms with Crippen LogP contribution in [0.1, 0.15) is 11.3 Å². The topological polar surface area (TPSA) is 106 Å². The molecule has 0 radical (unpaired) electrons. The highest BCUT2D eigenvalue weighted by molar-refractivity contribution is 5.91. The molecular weight excluding hydrogens is 308 g/mol. The summed E-state index contributed by atoms with van der Waals surface area (Å²) in [6.07, 6.45) is 3.27. The lowest BCUT2D eigenvalue weighted by molar-refractivity contribution is -0.115. The van der Waals surface area contributed by atoms with E-state index in [0.717, 1.165) is 0 Å². The molecule has 0 aliphatic rings. The van der Waals surface area contributed by atoms with Crippen LogP contribution < -0.4 is 10.9 Å². The number of hydrogen-bond acceptors (Lipinski definition) is 5. The van der Waals surface area contributed by atoms with E-state index >= 15 is 0 Å². The van der Waals surface area contributed by atoms with Crippen molar-refractivity contribution in [3.05, 3.63) is 58.3 Å². The van der Waals surface area contributed by atoms with Gasteiger partial charge in [-0.1, -0.05) is 6.07 Å². The number of nitrogens with zero attached hydrogens (tertiary/aromatic N) is 4. The lowest BCUT2D eigenvalue weighted by Crippen LogP contribution is -2.24. The van der Waals surface area contributed by atoms with E-state index in [0.29, 0.717) is 28.6 Å². The number of rotatable bonds is 4. The molecule has 2 N–H and O–H groups in total. The van der Waals surface area contributed by atoms with Gasteiger partial charge in [0.2, 0.25) is 5.91 Å². The van der Waals surface area contributed by atoms with E-state index in [2.05, 4.69) is 25.4 Å². The van der Waals surface area contributed by atoms with Gasteiger partial charge in [0.15, 0.2) is 11.6 Å². The monoisotopic (exact) mass is 324 g/mol. The van der Waals surface area contributed by atoms with Gasteiger partial charge in [-0.15, -0.1) is 0 Å². The lowest BCUT2D eigenvalue weighted by Gasteiger charge is -2.07. The molecule has 0 fully saturated rings. The average molecular weight is 324 g/mol. The predicted molar refractivity (Wildman–Crippen MR) is 88.4 cm³/mol. The molecule has 3 heterocycles. The van der Waals surface area contributed by atoms with Gasteiger partial charge in [-0.3, -0.25) is 19.3 Å². The number of amides is 1. The van der Waals surface area contributed by atoms with Crippen LogP contribution in [0.25, 0.3) is 11.5 Å². The Balaban J connectivity index is 1.81. The van der Waals surface area contributed by atoms with Gasteiger partial charge in [0.1, 0.15) is 5.69 Å². The molecule has 0 unspecified atom stereocenters. The molecule has 8 nitrogen and oxygen atoms in total. The molecule has 3 aromatic rings. The number of anilines is 1. The van der Waals surface area contributed by atoms with Crippen molar-refractivity contribution in [1.82, 2.24) is 24.7 Å². The van der Waals surface area contributed by atoms with E-state index in [-0.39, 0.29) is 17.9 Å². The number of aryl methyl sites for hydroxylation is 2. The number of pyridine rings is 1. The summed E-state index contributed by atoms with van der Waals surface area (Å²) in [7, 11) is 1.75. The van der Waals surface area contributed by atoms with Crippen LogP contribution in [0.5, 0.6) is 0 Å². The van der Waals surface area contributed by atoms with E-state index < -0.39 is 0 Å². The van der Waals surface area contributed by atoms with Crippen molar-refractivity contribution in [2.24, 2.45) is 7.05 Å². The fourth-order valence-electron chi connectivity index (χ4n) is 2.27. The Bertz CT molecular complexity index is 929. The summed E-state index contributed by atoms with van der Waals surface area (Å²) < 4.78 is 1.58. The van der Waals surface area contributed by atoms with Crippen LogP contribution in [0.2, 0.25) is 0 Å². The van der Waals surface area contributed by atoms with E-state index in [1.54, 1.807) is 49.2 Å². The average Bonchev–Trinajstić information content (AvgIpc) is 2.96. The summed E-state index contributed by atoms with van der Waals surface area (Å²) in [5, 5.41) is 6.71. The highest BCUT2D eigenvalue weighted by atomic mass is 16.2. The van der Waals surface area contributed by atoms with Gasteiger partial charge in [-0.25, -0.2) is 4.98 Å². The summed E-state index contributed by atoms with van der Waals surface area (Å²) in [4.78, 5) is 35.6. The quantitative estimate of drug-likeness (QED) is 0.746. The largest absolute Gasteiger partial charge is 0.309 e. The summed E-state index contributed by atoms with van der Waals surface area (Å²) in [6.45, 7) is 1.70. The molecule has 8 heteroatoms. The molecule has 0 saturated heterocycles. The second kappa shape index (κ2) is 6.45. The van der Waals surface area contributed by atoms with Crippen molar-refractivity contribution < 1.29 is 4.79 Å². The first-order chi connectivity index (χ1) is 11.5. The molecule has 0 aromatic carbocycles. The van der Waals surface area contributed by atoms with E-state index in [1.807, 2.05) is 6.07 Å². The summed E-state index contributed by atoms with van der Waals surface area (Å²) >= 11 is 0. The third-order valence-electron chi connectivity index (χ3n) is 3.45. The Labute approximate surface area is 137 Å². The zero-order valence-corrected chi connectivity index (χ0v) is 13.3. The van der Waals surface area contributed by atoms with Gasteiger partial charge < -0.3 is 10.3 Å². The molecule has 0 saturated carbocycles. The van der Waals surface area contributed by atoms with Crippen LogP contribution in [0, 0.1) is 6.92 Å². The number of aromatic nitrogens is 5. The smallest absolute Gasteiger partial charge is 0.255 e. The zero-order chi connectivity index (χ0) is 17.1. The van der Waals surface area contributed by atoms with Gasteiger partial charge in [0, 0.05) is 36.8 Å². The third kappa shape index (κ3) is 3.37. The van der Waals surface area contributed by atoms with Crippen LogP contribution >= 0.6 is 0 Å². The molecule has 3 rings (SSSR count). The molecule has 122 valence electrons. The Hall–Kier alpha value is -3.29. The Morgan fingerprint density at radius 2 is 2.17 bits per heavy atom. The normalized spacial score (nSPS) is 10.6. The van der Waals surface area contributed by atoms with Crippen molar-refractivity contribution >= 4 is 11.7 Å². The number of aromatic amines is 1. The van der Waals surface area contributed by atoms with Crippen LogP contribution in [0.15, 0.2) is 41.5 Å². The minimum Gasteiger partial charge on any atom is -0.309 e. The molecular formula is C16H16N6O2. The van der Waals surface area contributed by atoms with Crippen molar-refractivity contribution in [2.75, 3.05) is 5.32 Å². The first-order valence-electron chi connectivity index (χ1n) is 7.33. The van der Waals surface area contributed by atoms with Crippen LogP contribution in [0.4, 0.5) is 5.82 Å². The lowest BCUT2D eigenvalue weighted by atomic mass is 10.1.